The Morgan fingerprint density at radius 3 is 2.38 bits per heavy atom. The normalized spacial score (nSPS) is 10.8. The third-order valence-electron chi connectivity index (χ3n) is 4.59. The van der Waals surface area contributed by atoms with E-state index >= 15 is 0 Å². The first kappa shape index (κ1) is 15.0. The van der Waals surface area contributed by atoms with Crippen molar-refractivity contribution in [3.8, 4) is 23.0 Å². The maximum atomic E-state index is 3.58. The highest BCUT2D eigenvalue weighted by Gasteiger charge is 2.08. The van der Waals surface area contributed by atoms with Crippen molar-refractivity contribution in [1.82, 2.24) is 4.98 Å². The number of rotatable bonds is 1. The quantitative estimate of drug-likeness (QED) is 0.335. The second-order valence-electron chi connectivity index (χ2n) is 6.20. The van der Waals surface area contributed by atoms with Gasteiger partial charge in [0.1, 0.15) is 0 Å². The summed E-state index contributed by atoms with van der Waals surface area (Å²) in [5.41, 5.74) is 5.81. The molecule has 0 unspecified atom stereocenters. The van der Waals surface area contributed by atoms with Crippen LogP contribution in [-0.4, -0.2) is 4.98 Å². The van der Waals surface area contributed by atoms with Crippen molar-refractivity contribution in [2.24, 2.45) is 0 Å². The van der Waals surface area contributed by atoms with Gasteiger partial charge in [-0.05, 0) is 35.2 Å². The van der Waals surface area contributed by atoms with Gasteiger partial charge in [0.05, 0.1) is 10.4 Å². The fourth-order valence-corrected chi connectivity index (χ4v) is 3.90. The molecule has 2 aromatic heterocycles. The Balaban J connectivity index is 1.57. The molecule has 0 bridgehead atoms. The largest absolute Gasteiger partial charge is 0.354 e. The summed E-state index contributed by atoms with van der Waals surface area (Å²) in [4.78, 5) is 4.67. The molecule has 0 fully saturated rings. The molecule has 0 amide bonds. The summed E-state index contributed by atoms with van der Waals surface area (Å²) in [5.74, 6) is 6.45. The molecule has 0 spiro atoms. The number of aromatic amines is 1. The van der Waals surface area contributed by atoms with Gasteiger partial charge in [-0.3, -0.25) is 0 Å². The summed E-state index contributed by atoms with van der Waals surface area (Å²) in [5, 5.41) is 4.58. The number of aromatic nitrogens is 1. The molecule has 26 heavy (non-hydrogen) atoms. The highest BCUT2D eigenvalue weighted by Crippen LogP contribution is 2.33. The minimum atomic E-state index is 1.03. The molecule has 0 saturated carbocycles. The van der Waals surface area contributed by atoms with Crippen LogP contribution in [0.5, 0.6) is 0 Å². The third-order valence-corrected chi connectivity index (χ3v) is 5.37. The number of nitrogens with one attached hydrogen (secondary N) is 1. The molecule has 2 heterocycles. The zero-order chi connectivity index (χ0) is 17.3. The first-order valence-corrected chi connectivity index (χ1v) is 9.42. The van der Waals surface area contributed by atoms with Crippen LogP contribution in [0.3, 0.4) is 0 Å². The SMILES string of the molecule is C(#Cc1cccs1)c1ccc(-c2cccc3c2[nH]c2ccccc23)cc1. The summed E-state index contributed by atoms with van der Waals surface area (Å²) in [6.45, 7) is 0. The number of hydrogen-bond donors (Lipinski definition) is 1. The lowest BCUT2D eigenvalue weighted by Crippen LogP contribution is -1.81. The Morgan fingerprint density at radius 1 is 0.692 bits per heavy atom. The molecule has 122 valence electrons. The third kappa shape index (κ3) is 2.60. The number of fused-ring (bicyclic) bond motifs is 3. The van der Waals surface area contributed by atoms with E-state index in [-0.39, 0.29) is 0 Å². The molecule has 1 nitrogen and oxygen atoms in total. The molecule has 0 aliphatic carbocycles. The Labute approximate surface area is 155 Å². The highest BCUT2D eigenvalue weighted by atomic mass is 32.1. The smallest absolute Gasteiger partial charge is 0.0772 e. The number of para-hydroxylation sites is 2. The van der Waals surface area contributed by atoms with E-state index in [0.29, 0.717) is 0 Å². The summed E-state index contributed by atoms with van der Waals surface area (Å²) >= 11 is 1.67. The van der Waals surface area contributed by atoms with Crippen LogP contribution in [0.15, 0.2) is 84.2 Å². The second kappa shape index (κ2) is 6.22. The van der Waals surface area contributed by atoms with E-state index < -0.39 is 0 Å². The van der Waals surface area contributed by atoms with Gasteiger partial charge in [-0.15, -0.1) is 11.3 Å². The van der Waals surface area contributed by atoms with Crippen LogP contribution in [0.2, 0.25) is 0 Å². The molecule has 0 saturated heterocycles. The summed E-state index contributed by atoms with van der Waals surface area (Å²) in [6.07, 6.45) is 0. The lowest BCUT2D eigenvalue weighted by molar-refractivity contribution is 1.53. The molecular weight excluding hydrogens is 334 g/mol. The van der Waals surface area contributed by atoms with Gasteiger partial charge in [0.25, 0.3) is 0 Å². The van der Waals surface area contributed by atoms with Crippen LogP contribution >= 0.6 is 11.3 Å². The maximum Gasteiger partial charge on any atom is 0.0772 e. The highest BCUT2D eigenvalue weighted by molar-refractivity contribution is 7.10. The molecule has 2 heteroatoms. The van der Waals surface area contributed by atoms with Crippen LogP contribution in [0, 0.1) is 11.8 Å². The van der Waals surface area contributed by atoms with Crippen molar-refractivity contribution in [3.63, 3.8) is 0 Å². The standard InChI is InChI=1S/C24H15NS/c1-2-9-23-21(6-1)22-8-3-7-20(24(22)25-23)18-13-10-17(11-14-18)12-15-19-5-4-16-26-19/h1-11,13-14,16,25H. The number of benzene rings is 3. The van der Waals surface area contributed by atoms with Crippen molar-refractivity contribution >= 4 is 33.1 Å². The van der Waals surface area contributed by atoms with E-state index in [1.807, 2.05) is 17.5 Å². The van der Waals surface area contributed by atoms with Crippen molar-refractivity contribution in [2.75, 3.05) is 0 Å². The lowest BCUT2D eigenvalue weighted by atomic mass is 10.0. The monoisotopic (exact) mass is 349 g/mol. The predicted molar refractivity (Wildman–Crippen MR) is 112 cm³/mol. The Morgan fingerprint density at radius 2 is 1.54 bits per heavy atom. The molecule has 0 radical (unpaired) electrons. The number of hydrogen-bond acceptors (Lipinski definition) is 1. The van der Waals surface area contributed by atoms with Gasteiger partial charge in [-0.2, -0.15) is 0 Å². The van der Waals surface area contributed by atoms with E-state index in [1.54, 1.807) is 11.3 Å². The molecule has 5 rings (SSSR count). The van der Waals surface area contributed by atoms with Crippen molar-refractivity contribution in [3.05, 3.63) is 94.7 Å². The Hall–Kier alpha value is -3.28. The van der Waals surface area contributed by atoms with Crippen LogP contribution < -0.4 is 0 Å². The fraction of sp³-hybridized carbons (Fsp3) is 0. The summed E-state index contributed by atoms with van der Waals surface area (Å²) < 4.78 is 0. The van der Waals surface area contributed by atoms with E-state index in [1.165, 1.54) is 32.9 Å². The first-order valence-electron chi connectivity index (χ1n) is 8.54. The van der Waals surface area contributed by atoms with Crippen LogP contribution in [-0.2, 0) is 0 Å². The average molecular weight is 349 g/mol. The molecule has 3 aromatic carbocycles. The molecule has 1 N–H and O–H groups in total. The zero-order valence-electron chi connectivity index (χ0n) is 14.0. The maximum absolute atomic E-state index is 3.58. The lowest BCUT2D eigenvalue weighted by Gasteiger charge is -2.04. The molecular formula is C24H15NS. The van der Waals surface area contributed by atoms with E-state index in [0.717, 1.165) is 10.4 Å². The van der Waals surface area contributed by atoms with E-state index in [2.05, 4.69) is 83.6 Å². The van der Waals surface area contributed by atoms with E-state index in [9.17, 15) is 0 Å². The summed E-state index contributed by atoms with van der Waals surface area (Å²) in [7, 11) is 0. The molecule has 0 aliphatic heterocycles. The second-order valence-corrected chi connectivity index (χ2v) is 7.15. The van der Waals surface area contributed by atoms with Gasteiger partial charge >= 0.3 is 0 Å². The minimum Gasteiger partial charge on any atom is -0.354 e. The predicted octanol–water partition coefficient (Wildman–Crippen LogP) is 6.45. The molecule has 0 aliphatic rings. The average Bonchev–Trinajstić information content (AvgIpc) is 3.34. The minimum absolute atomic E-state index is 1.03. The van der Waals surface area contributed by atoms with Gasteiger partial charge in [-0.25, -0.2) is 0 Å². The Bertz CT molecular complexity index is 1260. The van der Waals surface area contributed by atoms with Crippen molar-refractivity contribution in [1.29, 1.82) is 0 Å². The van der Waals surface area contributed by atoms with Crippen molar-refractivity contribution < 1.29 is 0 Å². The van der Waals surface area contributed by atoms with Crippen molar-refractivity contribution in [2.45, 2.75) is 0 Å². The van der Waals surface area contributed by atoms with Gasteiger partial charge in [0, 0.05) is 27.4 Å². The Kier molecular flexibility index (Phi) is 3.59. The molecule has 0 atom stereocenters. The fourth-order valence-electron chi connectivity index (χ4n) is 3.33. The van der Waals surface area contributed by atoms with Gasteiger partial charge in [0.2, 0.25) is 0 Å². The van der Waals surface area contributed by atoms with E-state index in [4.69, 9.17) is 0 Å². The van der Waals surface area contributed by atoms with Gasteiger partial charge in [-0.1, -0.05) is 66.4 Å². The molecule has 5 aromatic rings. The zero-order valence-corrected chi connectivity index (χ0v) is 14.8. The number of H-pyrrole nitrogens is 1. The van der Waals surface area contributed by atoms with Crippen LogP contribution in [0.1, 0.15) is 10.4 Å². The topological polar surface area (TPSA) is 15.8 Å². The van der Waals surface area contributed by atoms with Crippen LogP contribution in [0.25, 0.3) is 32.9 Å². The van der Waals surface area contributed by atoms with Gasteiger partial charge < -0.3 is 4.98 Å². The number of thiophene rings is 1. The summed E-state index contributed by atoms with van der Waals surface area (Å²) in [6, 6.07) is 27.5. The first-order chi connectivity index (χ1) is 12.9. The van der Waals surface area contributed by atoms with Crippen LogP contribution in [0.4, 0.5) is 0 Å². The van der Waals surface area contributed by atoms with Gasteiger partial charge in [0.15, 0.2) is 0 Å².